The number of nitrogens with two attached hydrogens (primary N) is 1. The largest absolute Gasteiger partial charge is 0.462 e. The Bertz CT molecular complexity index is 985. The number of methoxy groups -OCH3 is 1. The fourth-order valence-electron chi connectivity index (χ4n) is 3.64. The van der Waals surface area contributed by atoms with Crippen LogP contribution in [0.1, 0.15) is 19.4 Å². The van der Waals surface area contributed by atoms with E-state index in [-0.39, 0.29) is 42.5 Å². The maximum absolute atomic E-state index is 13.3. The number of carbonyl (C=O) groups excluding carboxylic acids is 3. The number of hydrogen-bond acceptors (Lipinski definition) is 9. The Morgan fingerprint density at radius 3 is 2.57 bits per heavy atom. The molecule has 1 aromatic carbocycles. The summed E-state index contributed by atoms with van der Waals surface area (Å²) >= 11 is 3.37. The minimum atomic E-state index is -1.94. The highest BCUT2D eigenvalue weighted by molar-refractivity contribution is 9.10. The molecule has 1 spiro atoms. The van der Waals surface area contributed by atoms with Gasteiger partial charge < -0.3 is 30.0 Å². The van der Waals surface area contributed by atoms with Crippen LogP contribution in [0.15, 0.2) is 45.4 Å². The normalized spacial score (nSPS) is 20.1. The van der Waals surface area contributed by atoms with Gasteiger partial charge >= 0.3 is 17.9 Å². The quantitative estimate of drug-likeness (QED) is 0.356. The maximum atomic E-state index is 13.3. The van der Waals surface area contributed by atoms with Crippen molar-refractivity contribution >= 4 is 39.5 Å². The monoisotopic (exact) mass is 480 g/mol. The fraction of sp³-hybridized carbons (Fsp3) is 0.350. The molecule has 2 aliphatic rings. The van der Waals surface area contributed by atoms with Crippen molar-refractivity contribution in [3.8, 4) is 0 Å². The third kappa shape index (κ3) is 3.35. The third-order valence-electron chi connectivity index (χ3n) is 4.78. The lowest BCUT2D eigenvalue weighted by molar-refractivity contribution is -0.147. The molecule has 1 aromatic rings. The van der Waals surface area contributed by atoms with E-state index in [0.29, 0.717) is 15.7 Å². The van der Waals surface area contributed by atoms with Crippen LogP contribution in [0.2, 0.25) is 0 Å². The van der Waals surface area contributed by atoms with Gasteiger partial charge in [0.25, 0.3) is 0 Å². The van der Waals surface area contributed by atoms with Gasteiger partial charge in [-0.15, -0.1) is 0 Å². The Morgan fingerprint density at radius 1 is 1.20 bits per heavy atom. The zero-order valence-corrected chi connectivity index (χ0v) is 18.3. The Labute approximate surface area is 181 Å². The molecular weight excluding hydrogens is 460 g/mol. The standard InChI is InChI=1S/C20H21BrN2O7/c1-4-28-18(25)15-16(22)23-13-6-5-11(21)9-12(13)20(15)14(10(2)30-19(20)26)17(24)29-8-7-27-3/h5-6,9,23H,4,7-8,22H2,1-3H3. The number of cyclic esters (lactones) is 1. The Balaban J connectivity index is 2.29. The van der Waals surface area contributed by atoms with Gasteiger partial charge in [-0.25, -0.2) is 14.4 Å². The molecule has 3 rings (SSSR count). The van der Waals surface area contributed by atoms with Crippen molar-refractivity contribution < 1.29 is 33.3 Å². The second-order valence-electron chi connectivity index (χ2n) is 6.52. The smallest absolute Gasteiger partial charge is 0.339 e. The average molecular weight is 481 g/mol. The van der Waals surface area contributed by atoms with Crippen LogP contribution in [-0.2, 0) is 38.7 Å². The molecule has 1 atom stereocenters. The molecule has 30 heavy (non-hydrogen) atoms. The summed E-state index contributed by atoms with van der Waals surface area (Å²) in [5.41, 5.74) is 4.63. The van der Waals surface area contributed by atoms with Gasteiger partial charge in [0.1, 0.15) is 29.3 Å². The summed E-state index contributed by atoms with van der Waals surface area (Å²) in [5.74, 6) is -2.60. The van der Waals surface area contributed by atoms with Crippen molar-refractivity contribution in [2.75, 3.05) is 32.2 Å². The van der Waals surface area contributed by atoms with Crippen LogP contribution in [0.5, 0.6) is 0 Å². The number of anilines is 1. The lowest BCUT2D eigenvalue weighted by Gasteiger charge is -2.36. The van der Waals surface area contributed by atoms with E-state index in [4.69, 9.17) is 24.7 Å². The molecule has 0 amide bonds. The van der Waals surface area contributed by atoms with E-state index in [1.807, 2.05) is 0 Å². The van der Waals surface area contributed by atoms with Crippen LogP contribution in [0, 0.1) is 0 Å². The molecule has 2 heterocycles. The van der Waals surface area contributed by atoms with Gasteiger partial charge in [-0.1, -0.05) is 15.9 Å². The van der Waals surface area contributed by atoms with Crippen molar-refractivity contribution in [3.63, 3.8) is 0 Å². The molecule has 0 saturated heterocycles. The number of benzene rings is 1. The molecule has 0 fully saturated rings. The molecule has 10 heteroatoms. The topological polar surface area (TPSA) is 126 Å². The number of ether oxygens (including phenoxy) is 4. The van der Waals surface area contributed by atoms with Crippen LogP contribution in [0.3, 0.4) is 0 Å². The molecule has 0 aliphatic carbocycles. The fourth-order valence-corrected chi connectivity index (χ4v) is 4.00. The summed E-state index contributed by atoms with van der Waals surface area (Å²) in [6, 6.07) is 5.02. The number of allylic oxidation sites excluding steroid dienone is 1. The predicted octanol–water partition coefficient (Wildman–Crippen LogP) is 1.87. The van der Waals surface area contributed by atoms with Crippen LogP contribution >= 0.6 is 15.9 Å². The van der Waals surface area contributed by atoms with Crippen molar-refractivity contribution in [2.24, 2.45) is 5.73 Å². The first kappa shape index (κ1) is 21.8. The van der Waals surface area contributed by atoms with Crippen molar-refractivity contribution in [3.05, 3.63) is 51.0 Å². The summed E-state index contributed by atoms with van der Waals surface area (Å²) in [5, 5.41) is 2.91. The molecule has 0 aromatic heterocycles. The number of rotatable bonds is 6. The second-order valence-corrected chi connectivity index (χ2v) is 7.44. The Morgan fingerprint density at radius 2 is 1.90 bits per heavy atom. The molecule has 0 bridgehead atoms. The van der Waals surface area contributed by atoms with E-state index in [0.717, 1.165) is 0 Å². The number of carbonyl (C=O) groups is 3. The summed E-state index contributed by atoms with van der Waals surface area (Å²) in [7, 11) is 1.46. The second kappa shape index (κ2) is 8.49. The number of fused-ring (bicyclic) bond motifs is 2. The maximum Gasteiger partial charge on any atom is 0.339 e. The minimum absolute atomic E-state index is 0.0184. The van der Waals surface area contributed by atoms with Crippen LogP contribution in [0.25, 0.3) is 0 Å². The number of halogens is 1. The molecule has 1 unspecified atom stereocenters. The van der Waals surface area contributed by atoms with E-state index in [9.17, 15) is 14.4 Å². The predicted molar refractivity (Wildman–Crippen MR) is 109 cm³/mol. The summed E-state index contributed by atoms with van der Waals surface area (Å²) < 4.78 is 21.3. The zero-order chi connectivity index (χ0) is 22.1. The van der Waals surface area contributed by atoms with E-state index < -0.39 is 23.3 Å². The van der Waals surface area contributed by atoms with Crippen molar-refractivity contribution in [1.82, 2.24) is 0 Å². The summed E-state index contributed by atoms with van der Waals surface area (Å²) in [6.45, 7) is 3.23. The van der Waals surface area contributed by atoms with E-state index >= 15 is 0 Å². The zero-order valence-electron chi connectivity index (χ0n) is 16.7. The summed E-state index contributed by atoms with van der Waals surface area (Å²) in [4.78, 5) is 39.3. The lowest BCUT2D eigenvalue weighted by Crippen LogP contribution is -2.48. The van der Waals surface area contributed by atoms with Gasteiger partial charge in [-0.3, -0.25) is 0 Å². The van der Waals surface area contributed by atoms with E-state index in [1.165, 1.54) is 14.0 Å². The molecule has 2 aliphatic heterocycles. The highest BCUT2D eigenvalue weighted by Gasteiger charge is 2.62. The molecule has 160 valence electrons. The third-order valence-corrected chi connectivity index (χ3v) is 5.28. The average Bonchev–Trinajstić information content (AvgIpc) is 2.93. The van der Waals surface area contributed by atoms with Crippen LogP contribution < -0.4 is 11.1 Å². The van der Waals surface area contributed by atoms with Gasteiger partial charge in [0, 0.05) is 22.8 Å². The van der Waals surface area contributed by atoms with Gasteiger partial charge in [0.05, 0.1) is 13.2 Å². The first-order valence-electron chi connectivity index (χ1n) is 9.13. The number of esters is 3. The molecule has 0 radical (unpaired) electrons. The highest BCUT2D eigenvalue weighted by atomic mass is 79.9. The summed E-state index contributed by atoms with van der Waals surface area (Å²) in [6.07, 6.45) is 0. The first-order chi connectivity index (χ1) is 14.3. The number of nitrogens with one attached hydrogen (secondary N) is 1. The van der Waals surface area contributed by atoms with Crippen LogP contribution in [-0.4, -0.2) is 44.8 Å². The van der Waals surface area contributed by atoms with Crippen molar-refractivity contribution in [1.29, 1.82) is 0 Å². The Kier molecular flexibility index (Phi) is 6.18. The van der Waals surface area contributed by atoms with Gasteiger partial charge in [-0.05, 0) is 32.0 Å². The van der Waals surface area contributed by atoms with Gasteiger partial charge in [0.15, 0.2) is 5.41 Å². The first-order valence-corrected chi connectivity index (χ1v) is 9.92. The SMILES string of the molecule is CCOC(=O)C1=C(N)Nc2ccc(Br)cc2C12C(=O)OC(C)=C2C(=O)OCCOC. The number of hydrogen-bond donors (Lipinski definition) is 2. The Hall–Kier alpha value is -2.85. The molecule has 3 N–H and O–H groups in total. The van der Waals surface area contributed by atoms with Gasteiger partial charge in [-0.2, -0.15) is 0 Å². The lowest BCUT2D eigenvalue weighted by atomic mass is 9.67. The molecule has 9 nitrogen and oxygen atoms in total. The van der Waals surface area contributed by atoms with Crippen molar-refractivity contribution in [2.45, 2.75) is 19.3 Å². The minimum Gasteiger partial charge on any atom is -0.462 e. The van der Waals surface area contributed by atoms with E-state index in [1.54, 1.807) is 25.1 Å². The molecule has 0 saturated carbocycles. The highest BCUT2D eigenvalue weighted by Crippen LogP contribution is 2.53. The van der Waals surface area contributed by atoms with Crippen LogP contribution in [0.4, 0.5) is 5.69 Å². The molecular formula is C20H21BrN2O7. The van der Waals surface area contributed by atoms with E-state index in [2.05, 4.69) is 21.2 Å². The van der Waals surface area contributed by atoms with Gasteiger partial charge in [0.2, 0.25) is 0 Å².